The zero-order valence-corrected chi connectivity index (χ0v) is 13.9. The Morgan fingerprint density at radius 3 is 2.77 bits per heavy atom. The van der Waals surface area contributed by atoms with E-state index >= 15 is 0 Å². The van der Waals surface area contributed by atoms with Gasteiger partial charge in [0, 0.05) is 35.4 Å². The predicted molar refractivity (Wildman–Crippen MR) is 93.2 cm³/mol. The molecule has 0 radical (unpaired) electrons. The Morgan fingerprint density at radius 1 is 1.18 bits per heavy atom. The van der Waals surface area contributed by atoms with Crippen LogP contribution in [0.25, 0.3) is 0 Å². The first-order valence-corrected chi connectivity index (χ1v) is 8.35. The van der Waals surface area contributed by atoms with Gasteiger partial charge in [-0.15, -0.1) is 0 Å². The summed E-state index contributed by atoms with van der Waals surface area (Å²) >= 11 is 3.39. The van der Waals surface area contributed by atoms with E-state index in [9.17, 15) is 4.79 Å². The quantitative estimate of drug-likeness (QED) is 0.903. The number of amides is 1. The molecule has 1 aliphatic rings. The lowest BCUT2D eigenvalue weighted by Gasteiger charge is -2.18. The molecule has 3 nitrogen and oxygen atoms in total. The summed E-state index contributed by atoms with van der Waals surface area (Å²) in [5.74, 6) is 0.510. The predicted octanol–water partition coefficient (Wildman–Crippen LogP) is 3.71. The zero-order chi connectivity index (χ0) is 15.4. The Morgan fingerprint density at radius 2 is 2.00 bits per heavy atom. The first kappa shape index (κ1) is 15.1. The molecule has 0 saturated carbocycles. The second-order valence-corrected chi connectivity index (χ2v) is 6.57. The van der Waals surface area contributed by atoms with Crippen LogP contribution < -0.4 is 10.2 Å². The Balaban J connectivity index is 1.52. The van der Waals surface area contributed by atoms with Gasteiger partial charge < -0.3 is 10.2 Å². The zero-order valence-electron chi connectivity index (χ0n) is 12.3. The lowest BCUT2D eigenvalue weighted by molar-refractivity contribution is 0.0948. The van der Waals surface area contributed by atoms with Crippen molar-refractivity contribution in [3.05, 3.63) is 64.6 Å². The van der Waals surface area contributed by atoms with E-state index in [1.165, 1.54) is 5.69 Å². The number of carbonyl (C=O) groups excluding carboxylic acids is 1. The van der Waals surface area contributed by atoms with Gasteiger partial charge in [-0.1, -0.05) is 40.2 Å². The van der Waals surface area contributed by atoms with Gasteiger partial charge >= 0.3 is 0 Å². The van der Waals surface area contributed by atoms with Crippen molar-refractivity contribution in [1.82, 2.24) is 5.32 Å². The van der Waals surface area contributed by atoms with Crippen LogP contribution >= 0.6 is 15.9 Å². The van der Waals surface area contributed by atoms with Crippen molar-refractivity contribution in [1.29, 1.82) is 0 Å². The molecule has 0 aromatic heterocycles. The second kappa shape index (κ2) is 6.97. The lowest BCUT2D eigenvalue weighted by Crippen LogP contribution is -2.31. The summed E-state index contributed by atoms with van der Waals surface area (Å²) in [5, 5.41) is 3.05. The minimum absolute atomic E-state index is 0.000499. The maximum Gasteiger partial charge on any atom is 0.251 e. The number of anilines is 1. The molecule has 1 aliphatic heterocycles. The molecule has 22 heavy (non-hydrogen) atoms. The van der Waals surface area contributed by atoms with Gasteiger partial charge in [-0.25, -0.2) is 0 Å². The van der Waals surface area contributed by atoms with Gasteiger partial charge in [-0.2, -0.15) is 0 Å². The summed E-state index contributed by atoms with van der Waals surface area (Å²) in [6.45, 7) is 2.79. The number of benzene rings is 2. The summed E-state index contributed by atoms with van der Waals surface area (Å²) in [4.78, 5) is 14.5. The smallest absolute Gasteiger partial charge is 0.251 e. The molecule has 4 heteroatoms. The summed E-state index contributed by atoms with van der Waals surface area (Å²) in [7, 11) is 0. The highest BCUT2D eigenvalue weighted by Gasteiger charge is 2.23. The molecule has 1 saturated heterocycles. The fourth-order valence-corrected chi connectivity index (χ4v) is 3.24. The molecule has 0 bridgehead atoms. The van der Waals surface area contributed by atoms with Crippen molar-refractivity contribution in [2.75, 3.05) is 24.5 Å². The van der Waals surface area contributed by atoms with Crippen LogP contribution in [0.2, 0.25) is 0 Å². The first-order chi connectivity index (χ1) is 10.7. The van der Waals surface area contributed by atoms with Gasteiger partial charge in [0.15, 0.2) is 0 Å². The number of nitrogens with one attached hydrogen (secondary N) is 1. The molecule has 1 fully saturated rings. The average molecular weight is 359 g/mol. The highest BCUT2D eigenvalue weighted by Crippen LogP contribution is 2.23. The monoisotopic (exact) mass is 358 g/mol. The maximum absolute atomic E-state index is 12.2. The number of para-hydroxylation sites is 1. The highest BCUT2D eigenvalue weighted by atomic mass is 79.9. The van der Waals surface area contributed by atoms with Gasteiger partial charge in [0.1, 0.15) is 0 Å². The van der Waals surface area contributed by atoms with E-state index < -0.39 is 0 Å². The fourth-order valence-electron chi connectivity index (χ4n) is 2.84. The van der Waals surface area contributed by atoms with Crippen LogP contribution in [0.4, 0.5) is 5.69 Å². The van der Waals surface area contributed by atoms with Crippen molar-refractivity contribution >= 4 is 27.5 Å². The Hall–Kier alpha value is -1.81. The van der Waals surface area contributed by atoms with Crippen LogP contribution in [0.5, 0.6) is 0 Å². The molecule has 1 amide bonds. The lowest BCUT2D eigenvalue weighted by atomic mass is 10.1. The molecule has 114 valence electrons. The normalized spacial score (nSPS) is 17.5. The molecule has 1 N–H and O–H groups in total. The summed E-state index contributed by atoms with van der Waals surface area (Å²) in [5.41, 5.74) is 1.97. The molecular formula is C18H19BrN2O. The molecule has 2 aromatic carbocycles. The van der Waals surface area contributed by atoms with Crippen LogP contribution in [-0.4, -0.2) is 25.5 Å². The van der Waals surface area contributed by atoms with Gasteiger partial charge in [-0.05, 0) is 42.7 Å². The van der Waals surface area contributed by atoms with E-state index in [0.29, 0.717) is 11.5 Å². The van der Waals surface area contributed by atoms with Crippen LogP contribution in [0, 0.1) is 5.92 Å². The third-order valence-electron chi connectivity index (χ3n) is 4.05. The van der Waals surface area contributed by atoms with Crippen LogP contribution in [-0.2, 0) is 0 Å². The molecule has 3 rings (SSSR count). The van der Waals surface area contributed by atoms with Gasteiger partial charge in [0.2, 0.25) is 0 Å². The third-order valence-corrected chi connectivity index (χ3v) is 4.54. The van der Waals surface area contributed by atoms with E-state index in [1.807, 2.05) is 30.3 Å². The minimum Gasteiger partial charge on any atom is -0.371 e. The largest absolute Gasteiger partial charge is 0.371 e. The summed E-state index contributed by atoms with van der Waals surface area (Å²) in [6, 6.07) is 17.9. The van der Waals surface area contributed by atoms with Gasteiger partial charge in [0.05, 0.1) is 0 Å². The van der Waals surface area contributed by atoms with Crippen molar-refractivity contribution in [3.8, 4) is 0 Å². The van der Waals surface area contributed by atoms with E-state index in [0.717, 1.165) is 30.5 Å². The van der Waals surface area contributed by atoms with E-state index in [2.05, 4.69) is 50.4 Å². The number of carbonyl (C=O) groups is 1. The SMILES string of the molecule is O=C(NC[C@H]1CCN(c2ccccc2)C1)c1cccc(Br)c1. The fraction of sp³-hybridized carbons (Fsp3) is 0.278. The van der Waals surface area contributed by atoms with E-state index in [1.54, 1.807) is 0 Å². The molecule has 1 heterocycles. The van der Waals surface area contributed by atoms with Crippen molar-refractivity contribution in [2.45, 2.75) is 6.42 Å². The molecule has 0 spiro atoms. The number of rotatable bonds is 4. The third kappa shape index (κ3) is 3.69. The number of hydrogen-bond acceptors (Lipinski definition) is 2. The standard InChI is InChI=1S/C18H19BrN2O/c19-16-6-4-5-15(11-16)18(22)20-12-14-9-10-21(13-14)17-7-2-1-3-8-17/h1-8,11,14H,9-10,12-13H2,(H,20,22)/t14-/m1/s1. The Kier molecular flexibility index (Phi) is 4.78. The maximum atomic E-state index is 12.2. The number of hydrogen-bond donors (Lipinski definition) is 1. The molecule has 0 aliphatic carbocycles. The van der Waals surface area contributed by atoms with E-state index in [4.69, 9.17) is 0 Å². The van der Waals surface area contributed by atoms with Gasteiger partial charge in [0.25, 0.3) is 5.91 Å². The Bertz CT molecular complexity index is 645. The first-order valence-electron chi connectivity index (χ1n) is 7.56. The summed E-state index contributed by atoms with van der Waals surface area (Å²) in [6.07, 6.45) is 1.12. The van der Waals surface area contributed by atoms with Gasteiger partial charge in [-0.3, -0.25) is 4.79 Å². The molecule has 2 aromatic rings. The van der Waals surface area contributed by atoms with Crippen LogP contribution in [0.3, 0.4) is 0 Å². The molecule has 1 atom stereocenters. The molecule has 0 unspecified atom stereocenters. The summed E-state index contributed by atoms with van der Waals surface area (Å²) < 4.78 is 0.927. The number of halogens is 1. The second-order valence-electron chi connectivity index (χ2n) is 5.66. The topological polar surface area (TPSA) is 32.3 Å². The van der Waals surface area contributed by atoms with Crippen molar-refractivity contribution < 1.29 is 4.79 Å². The van der Waals surface area contributed by atoms with Crippen molar-refractivity contribution in [3.63, 3.8) is 0 Å². The average Bonchev–Trinajstić information content (AvgIpc) is 3.02. The highest BCUT2D eigenvalue weighted by molar-refractivity contribution is 9.10. The Labute approximate surface area is 139 Å². The van der Waals surface area contributed by atoms with Crippen LogP contribution in [0.15, 0.2) is 59.1 Å². The minimum atomic E-state index is -0.000499. The van der Waals surface area contributed by atoms with E-state index in [-0.39, 0.29) is 5.91 Å². The molecular weight excluding hydrogens is 340 g/mol. The van der Waals surface area contributed by atoms with Crippen LogP contribution in [0.1, 0.15) is 16.8 Å². The number of nitrogens with zero attached hydrogens (tertiary/aromatic N) is 1. The van der Waals surface area contributed by atoms with Crippen molar-refractivity contribution in [2.24, 2.45) is 5.92 Å².